The number of nitrogens with zero attached hydrogens (tertiary/aromatic N) is 2. The Balaban J connectivity index is 1.57. The smallest absolute Gasteiger partial charge is 0.229 e. The minimum Gasteiger partial charge on any atom is -0.370 e. The highest BCUT2D eigenvalue weighted by Gasteiger charge is 2.06. The first-order valence-corrected chi connectivity index (χ1v) is 8.17. The Morgan fingerprint density at radius 3 is 2.79 bits per heavy atom. The van der Waals surface area contributed by atoms with Gasteiger partial charge in [0.05, 0.1) is 0 Å². The van der Waals surface area contributed by atoms with Gasteiger partial charge in [-0.15, -0.1) is 0 Å². The Morgan fingerprint density at radius 1 is 1.08 bits per heavy atom. The van der Waals surface area contributed by atoms with Crippen molar-refractivity contribution >= 4 is 17.5 Å². The summed E-state index contributed by atoms with van der Waals surface area (Å²) in [7, 11) is 0. The van der Waals surface area contributed by atoms with Crippen molar-refractivity contribution in [2.45, 2.75) is 32.1 Å². The third-order valence-electron chi connectivity index (χ3n) is 3.97. The van der Waals surface area contributed by atoms with Crippen LogP contribution in [0.4, 0.5) is 26.2 Å². The molecule has 0 spiro atoms. The van der Waals surface area contributed by atoms with Gasteiger partial charge in [-0.25, -0.2) is 13.8 Å². The molecule has 0 aliphatic heterocycles. The van der Waals surface area contributed by atoms with Gasteiger partial charge in [-0.05, 0) is 50.3 Å². The number of rotatable bonds is 6. The molecule has 0 radical (unpaired) electrons. The van der Waals surface area contributed by atoms with Crippen LogP contribution in [0.2, 0.25) is 0 Å². The third-order valence-corrected chi connectivity index (χ3v) is 3.97. The summed E-state index contributed by atoms with van der Waals surface area (Å²) in [4.78, 5) is 8.43. The first-order valence-electron chi connectivity index (χ1n) is 8.17. The monoisotopic (exact) mass is 330 g/mol. The zero-order valence-corrected chi connectivity index (χ0v) is 13.4. The fraction of sp³-hybridized carbons (Fsp3) is 0.333. The molecule has 1 aliphatic carbocycles. The van der Waals surface area contributed by atoms with Crippen LogP contribution in [0.1, 0.15) is 32.1 Å². The number of allylic oxidation sites excluding steroid dienone is 1. The highest BCUT2D eigenvalue weighted by Crippen LogP contribution is 2.20. The molecule has 1 heterocycles. The molecule has 1 aromatic carbocycles. The van der Waals surface area contributed by atoms with E-state index in [1.54, 1.807) is 12.3 Å². The minimum atomic E-state index is -0.907. The largest absolute Gasteiger partial charge is 0.370 e. The van der Waals surface area contributed by atoms with Crippen LogP contribution in [0.15, 0.2) is 42.1 Å². The van der Waals surface area contributed by atoms with Gasteiger partial charge < -0.3 is 10.6 Å². The lowest BCUT2D eigenvalue weighted by Crippen LogP contribution is -2.07. The molecule has 0 bridgehead atoms. The van der Waals surface area contributed by atoms with Gasteiger partial charge in [-0.2, -0.15) is 4.98 Å². The highest BCUT2D eigenvalue weighted by atomic mass is 19.2. The lowest BCUT2D eigenvalue weighted by Gasteiger charge is -2.13. The second-order valence-electron chi connectivity index (χ2n) is 5.80. The molecule has 4 nitrogen and oxygen atoms in total. The molecule has 0 amide bonds. The Morgan fingerprint density at radius 2 is 2.00 bits per heavy atom. The second kappa shape index (κ2) is 7.86. The van der Waals surface area contributed by atoms with Crippen LogP contribution < -0.4 is 10.6 Å². The number of hydrogen-bond donors (Lipinski definition) is 2. The van der Waals surface area contributed by atoms with E-state index < -0.39 is 11.6 Å². The summed E-state index contributed by atoms with van der Waals surface area (Å²) in [5, 5.41) is 6.14. The molecule has 24 heavy (non-hydrogen) atoms. The molecule has 6 heteroatoms. The summed E-state index contributed by atoms with van der Waals surface area (Å²) in [5.74, 6) is -0.752. The summed E-state index contributed by atoms with van der Waals surface area (Å²) in [5.41, 5.74) is 1.90. The average molecular weight is 330 g/mol. The normalized spacial score (nSPS) is 14.2. The zero-order valence-electron chi connectivity index (χ0n) is 13.4. The molecule has 1 aliphatic rings. The number of aromatic nitrogens is 2. The number of halogens is 2. The van der Waals surface area contributed by atoms with E-state index in [1.807, 2.05) is 0 Å². The SMILES string of the molecule is Fc1ccc(Nc2nccc(NCCC3=CCCCC3)n2)cc1F. The number of hydrogen-bond acceptors (Lipinski definition) is 4. The van der Waals surface area contributed by atoms with Crippen LogP contribution in [0, 0.1) is 11.6 Å². The fourth-order valence-electron chi connectivity index (χ4n) is 2.70. The second-order valence-corrected chi connectivity index (χ2v) is 5.80. The first-order chi connectivity index (χ1) is 11.7. The molecule has 2 N–H and O–H groups in total. The standard InChI is InChI=1S/C18H20F2N4/c19-15-7-6-14(12-16(15)20)23-18-22-11-9-17(24-18)21-10-8-13-4-2-1-3-5-13/h4,6-7,9,11-12H,1-3,5,8,10H2,(H2,21,22,23,24). The van der Waals surface area contributed by atoms with E-state index in [4.69, 9.17) is 0 Å². The molecular weight excluding hydrogens is 310 g/mol. The van der Waals surface area contributed by atoms with E-state index in [9.17, 15) is 8.78 Å². The minimum absolute atomic E-state index is 0.336. The van der Waals surface area contributed by atoms with Crippen LogP contribution in [0.25, 0.3) is 0 Å². The first kappa shape index (κ1) is 16.4. The Hall–Kier alpha value is -2.50. The van der Waals surface area contributed by atoms with Crippen LogP contribution in [-0.4, -0.2) is 16.5 Å². The van der Waals surface area contributed by atoms with Gasteiger partial charge in [-0.1, -0.05) is 11.6 Å². The van der Waals surface area contributed by atoms with Gasteiger partial charge >= 0.3 is 0 Å². The average Bonchev–Trinajstić information content (AvgIpc) is 2.60. The Kier molecular flexibility index (Phi) is 5.36. The topological polar surface area (TPSA) is 49.8 Å². The summed E-state index contributed by atoms with van der Waals surface area (Å²) < 4.78 is 26.2. The highest BCUT2D eigenvalue weighted by molar-refractivity contribution is 5.54. The molecule has 0 fully saturated rings. The molecule has 0 saturated heterocycles. The van der Waals surface area contributed by atoms with Gasteiger partial charge in [-0.3, -0.25) is 0 Å². The van der Waals surface area contributed by atoms with E-state index in [0.29, 0.717) is 17.5 Å². The number of benzene rings is 1. The van der Waals surface area contributed by atoms with Crippen molar-refractivity contribution < 1.29 is 8.78 Å². The van der Waals surface area contributed by atoms with Crippen molar-refractivity contribution in [2.24, 2.45) is 0 Å². The van der Waals surface area contributed by atoms with Crippen LogP contribution in [0.5, 0.6) is 0 Å². The summed E-state index contributed by atoms with van der Waals surface area (Å²) in [6.45, 7) is 0.813. The molecule has 0 saturated carbocycles. The van der Waals surface area contributed by atoms with Crippen LogP contribution in [-0.2, 0) is 0 Å². The van der Waals surface area contributed by atoms with E-state index in [2.05, 4.69) is 26.7 Å². The van der Waals surface area contributed by atoms with Crippen molar-refractivity contribution in [3.05, 3.63) is 53.7 Å². The lowest BCUT2D eigenvalue weighted by atomic mass is 9.97. The molecule has 0 unspecified atom stereocenters. The van der Waals surface area contributed by atoms with Crippen LogP contribution in [0.3, 0.4) is 0 Å². The predicted octanol–water partition coefficient (Wildman–Crippen LogP) is 4.80. The Bertz CT molecular complexity index is 731. The van der Waals surface area contributed by atoms with E-state index in [0.717, 1.165) is 25.1 Å². The number of anilines is 3. The maximum atomic E-state index is 13.2. The van der Waals surface area contributed by atoms with Gasteiger partial charge in [0.1, 0.15) is 5.82 Å². The Labute approximate surface area is 140 Å². The zero-order chi connectivity index (χ0) is 16.8. The van der Waals surface area contributed by atoms with E-state index in [-0.39, 0.29) is 0 Å². The summed E-state index contributed by atoms with van der Waals surface area (Å²) in [6, 6.07) is 5.37. The van der Waals surface area contributed by atoms with Crippen molar-refractivity contribution in [3.63, 3.8) is 0 Å². The molecule has 2 aromatic rings. The number of nitrogens with one attached hydrogen (secondary N) is 2. The van der Waals surface area contributed by atoms with Crippen molar-refractivity contribution in [1.82, 2.24) is 9.97 Å². The molecule has 3 rings (SSSR count). The lowest BCUT2D eigenvalue weighted by molar-refractivity contribution is 0.509. The van der Waals surface area contributed by atoms with E-state index in [1.165, 1.54) is 37.3 Å². The van der Waals surface area contributed by atoms with Crippen molar-refractivity contribution in [3.8, 4) is 0 Å². The quantitative estimate of drug-likeness (QED) is 0.747. The van der Waals surface area contributed by atoms with Crippen molar-refractivity contribution in [1.29, 1.82) is 0 Å². The molecule has 1 aromatic heterocycles. The maximum Gasteiger partial charge on any atom is 0.229 e. The fourth-order valence-corrected chi connectivity index (χ4v) is 2.70. The maximum absolute atomic E-state index is 13.2. The van der Waals surface area contributed by atoms with Crippen LogP contribution >= 0.6 is 0 Å². The molecule has 0 atom stereocenters. The summed E-state index contributed by atoms with van der Waals surface area (Å²) >= 11 is 0. The van der Waals surface area contributed by atoms with E-state index >= 15 is 0 Å². The summed E-state index contributed by atoms with van der Waals surface area (Å²) in [6.07, 6.45) is 9.91. The van der Waals surface area contributed by atoms with Gasteiger partial charge in [0, 0.05) is 24.5 Å². The van der Waals surface area contributed by atoms with Crippen molar-refractivity contribution in [2.75, 3.05) is 17.2 Å². The molecule has 126 valence electrons. The third kappa shape index (κ3) is 4.50. The van der Waals surface area contributed by atoms with Gasteiger partial charge in [0.2, 0.25) is 5.95 Å². The van der Waals surface area contributed by atoms with Gasteiger partial charge in [0.15, 0.2) is 11.6 Å². The van der Waals surface area contributed by atoms with Gasteiger partial charge in [0.25, 0.3) is 0 Å². The predicted molar refractivity (Wildman–Crippen MR) is 91.3 cm³/mol. The molecular formula is C18H20F2N4.